The van der Waals surface area contributed by atoms with Gasteiger partial charge in [0.1, 0.15) is 0 Å². The fraction of sp³-hybridized carbons (Fsp3) is 0.595. The largest absolute Gasteiger partial charge is 0.458 e. The first-order valence-electron chi connectivity index (χ1n) is 19.2. The second-order valence-corrected chi connectivity index (χ2v) is 15.9. The summed E-state index contributed by atoms with van der Waals surface area (Å²) in [6.07, 6.45) is -8.71. The number of hydrogen-bond acceptors (Lipinski definition) is 17. The molecule has 2 fully saturated rings. The van der Waals surface area contributed by atoms with Crippen molar-refractivity contribution in [2.75, 3.05) is 0 Å². The standard InChI is InChI=1S/C42H52O17/c1-11-29(48)55-37-32(52-23(3)43)36(54-25(5)45)39(8,9)19-17-22(2)33(50)42(58-27(7)47)21-40(10,57-26(6)46)34(53-24(4)44)31(42)35-41(37,20-18-30(49)56-35)59-38(51)28-15-13-12-14-16-28/h12-17,19,22,31-32,34-37H,11,18,20-21H2,1-10H3/b19-17+/t22-,31+,32-,34+,35+,36+,37+,40+,41-,42+/m0/s1. The fourth-order valence-corrected chi connectivity index (χ4v) is 8.55. The third-order valence-electron chi connectivity index (χ3n) is 10.8. The Morgan fingerprint density at radius 1 is 0.729 bits per heavy atom. The van der Waals surface area contributed by atoms with E-state index in [1.165, 1.54) is 57.2 Å². The van der Waals surface area contributed by atoms with Gasteiger partial charge in [0.25, 0.3) is 0 Å². The molecule has 1 saturated heterocycles. The number of ether oxygens (including phenoxy) is 8. The van der Waals surface area contributed by atoms with Crippen molar-refractivity contribution >= 4 is 53.5 Å². The second-order valence-electron chi connectivity index (χ2n) is 15.9. The lowest BCUT2D eigenvalue weighted by atomic mass is 9.66. The lowest BCUT2D eigenvalue weighted by Crippen LogP contribution is -2.72. The van der Waals surface area contributed by atoms with E-state index in [0.717, 1.165) is 34.6 Å². The normalized spacial score (nSPS) is 33.1. The molecule has 0 spiro atoms. The molecule has 0 aromatic heterocycles. The summed E-state index contributed by atoms with van der Waals surface area (Å²) >= 11 is 0. The van der Waals surface area contributed by atoms with Crippen molar-refractivity contribution in [2.45, 2.75) is 142 Å². The van der Waals surface area contributed by atoms with Crippen LogP contribution in [-0.2, 0) is 76.3 Å². The van der Waals surface area contributed by atoms with E-state index < -0.39 is 137 Å². The summed E-state index contributed by atoms with van der Waals surface area (Å²) in [5, 5.41) is 0. The number of carbonyl (C=O) groups excluding carboxylic acids is 9. The van der Waals surface area contributed by atoms with Crippen LogP contribution >= 0.6 is 0 Å². The number of ketones is 1. The highest BCUT2D eigenvalue weighted by Gasteiger charge is 2.76. The average Bonchev–Trinajstić information content (AvgIpc) is 3.36. The molecule has 0 radical (unpaired) electrons. The molecule has 3 aliphatic rings. The monoisotopic (exact) mass is 828 g/mol. The Labute approximate surface area is 341 Å². The summed E-state index contributed by atoms with van der Waals surface area (Å²) in [5.41, 5.74) is -8.61. The van der Waals surface area contributed by atoms with E-state index in [4.69, 9.17) is 37.9 Å². The van der Waals surface area contributed by atoms with Crippen molar-refractivity contribution in [1.82, 2.24) is 0 Å². The van der Waals surface area contributed by atoms with E-state index in [0.29, 0.717) is 0 Å². The van der Waals surface area contributed by atoms with Crippen molar-refractivity contribution in [3.8, 4) is 0 Å². The predicted octanol–water partition coefficient (Wildman–Crippen LogP) is 3.85. The predicted molar refractivity (Wildman–Crippen MR) is 200 cm³/mol. The minimum absolute atomic E-state index is 0.0586. The Morgan fingerprint density at radius 2 is 1.31 bits per heavy atom. The average molecular weight is 829 g/mol. The number of esters is 8. The first kappa shape index (κ1) is 46.1. The molecule has 2 aliphatic carbocycles. The van der Waals surface area contributed by atoms with Gasteiger partial charge in [-0.1, -0.05) is 58.0 Å². The van der Waals surface area contributed by atoms with Gasteiger partial charge in [-0.15, -0.1) is 0 Å². The van der Waals surface area contributed by atoms with E-state index in [1.54, 1.807) is 19.9 Å². The van der Waals surface area contributed by atoms with Gasteiger partial charge in [-0.3, -0.25) is 38.4 Å². The molecular weight excluding hydrogens is 776 g/mol. The Morgan fingerprint density at radius 3 is 1.85 bits per heavy atom. The SMILES string of the molecule is CCC(=O)O[C@@H]1[C@@H](OC(C)=O)[C@@H](OC(C)=O)C(C)(C)/C=C/[C@H](C)C(=O)[C@@]2(OC(C)=O)C[C@@](C)(OC(C)=O)[C@H](OC(C)=O)[C@@H]2[C@H]2OC(=O)CC[C@@]12OC(=O)c1ccccc1. The molecule has 1 aromatic carbocycles. The molecule has 1 heterocycles. The van der Waals surface area contributed by atoms with Crippen LogP contribution in [0.4, 0.5) is 0 Å². The van der Waals surface area contributed by atoms with Gasteiger partial charge in [-0.25, -0.2) is 4.79 Å². The molecule has 10 atom stereocenters. The van der Waals surface area contributed by atoms with Gasteiger partial charge in [0, 0.05) is 71.6 Å². The summed E-state index contributed by atoms with van der Waals surface area (Å²) < 4.78 is 48.4. The molecule has 322 valence electrons. The number of fused-ring (bicyclic) bond motifs is 3. The van der Waals surface area contributed by atoms with Crippen LogP contribution in [0.25, 0.3) is 0 Å². The van der Waals surface area contributed by atoms with Gasteiger partial charge in [-0.05, 0) is 19.1 Å². The highest BCUT2D eigenvalue weighted by molar-refractivity contribution is 5.94. The molecule has 1 saturated carbocycles. The number of benzene rings is 1. The van der Waals surface area contributed by atoms with Crippen molar-refractivity contribution in [1.29, 1.82) is 0 Å². The Kier molecular flexibility index (Phi) is 13.8. The maximum Gasteiger partial charge on any atom is 0.338 e. The minimum Gasteiger partial charge on any atom is -0.458 e. The summed E-state index contributed by atoms with van der Waals surface area (Å²) in [7, 11) is 0. The molecule has 1 aromatic rings. The number of carbonyl (C=O) groups is 9. The maximum absolute atomic E-state index is 15.3. The van der Waals surface area contributed by atoms with Crippen LogP contribution in [0.5, 0.6) is 0 Å². The van der Waals surface area contributed by atoms with Crippen molar-refractivity contribution in [3.63, 3.8) is 0 Å². The molecule has 0 amide bonds. The first-order chi connectivity index (χ1) is 27.4. The van der Waals surface area contributed by atoms with Crippen molar-refractivity contribution < 1.29 is 81.0 Å². The van der Waals surface area contributed by atoms with Crippen LogP contribution in [-0.4, -0.2) is 101 Å². The molecule has 17 heteroatoms. The van der Waals surface area contributed by atoms with Gasteiger partial charge in [0.05, 0.1) is 11.5 Å². The van der Waals surface area contributed by atoms with E-state index in [2.05, 4.69) is 0 Å². The Balaban J connectivity index is 2.33. The molecule has 59 heavy (non-hydrogen) atoms. The number of Topliss-reactive ketones (excluding diaryl/α,β-unsaturated/α-hetero) is 1. The van der Waals surface area contributed by atoms with Crippen molar-refractivity contribution in [3.05, 3.63) is 48.0 Å². The van der Waals surface area contributed by atoms with Gasteiger partial charge >= 0.3 is 47.8 Å². The zero-order valence-electron chi connectivity index (χ0n) is 34.9. The molecule has 0 unspecified atom stereocenters. The van der Waals surface area contributed by atoms with E-state index in [1.807, 2.05) is 0 Å². The van der Waals surface area contributed by atoms with Crippen LogP contribution in [0.15, 0.2) is 42.5 Å². The molecule has 0 bridgehead atoms. The van der Waals surface area contributed by atoms with Crippen LogP contribution in [0.3, 0.4) is 0 Å². The highest BCUT2D eigenvalue weighted by atomic mass is 16.7. The zero-order valence-corrected chi connectivity index (χ0v) is 34.9. The van der Waals surface area contributed by atoms with Gasteiger partial charge in [0.15, 0.2) is 53.1 Å². The smallest absolute Gasteiger partial charge is 0.338 e. The molecular formula is C42H52O17. The van der Waals surface area contributed by atoms with Gasteiger partial charge in [-0.2, -0.15) is 0 Å². The summed E-state index contributed by atoms with van der Waals surface area (Å²) in [6, 6.07) is 7.47. The van der Waals surface area contributed by atoms with Crippen LogP contribution < -0.4 is 0 Å². The van der Waals surface area contributed by atoms with Crippen molar-refractivity contribution in [2.24, 2.45) is 17.3 Å². The van der Waals surface area contributed by atoms with Crippen LogP contribution in [0.1, 0.15) is 105 Å². The zero-order chi connectivity index (χ0) is 44.2. The summed E-state index contributed by atoms with van der Waals surface area (Å²) in [4.78, 5) is 123. The van der Waals surface area contributed by atoms with E-state index >= 15 is 4.79 Å². The molecule has 0 N–H and O–H groups in total. The third kappa shape index (κ3) is 9.65. The maximum atomic E-state index is 15.3. The number of hydrogen-bond donors (Lipinski definition) is 0. The summed E-state index contributed by atoms with van der Waals surface area (Å²) in [6.45, 7) is 12.6. The lowest BCUT2D eigenvalue weighted by Gasteiger charge is -2.53. The quantitative estimate of drug-likeness (QED) is 0.196. The van der Waals surface area contributed by atoms with E-state index in [-0.39, 0.29) is 12.0 Å². The Hall–Kier alpha value is -5.61. The number of allylic oxidation sites excluding steroid dienone is 1. The molecule has 1 aliphatic heterocycles. The van der Waals surface area contributed by atoms with E-state index in [9.17, 15) is 38.4 Å². The van der Waals surface area contributed by atoms with Crippen LogP contribution in [0, 0.1) is 17.3 Å². The first-order valence-corrected chi connectivity index (χ1v) is 19.2. The van der Waals surface area contributed by atoms with Gasteiger partial charge in [0.2, 0.25) is 0 Å². The summed E-state index contributed by atoms with van der Waals surface area (Å²) in [5.74, 6) is -11.7. The van der Waals surface area contributed by atoms with Crippen LogP contribution in [0.2, 0.25) is 0 Å². The Bertz CT molecular complexity index is 1880. The fourth-order valence-electron chi connectivity index (χ4n) is 8.55. The number of rotatable bonds is 9. The second kappa shape index (κ2) is 17.7. The van der Waals surface area contributed by atoms with Gasteiger partial charge < -0.3 is 37.9 Å². The highest BCUT2D eigenvalue weighted by Crippen LogP contribution is 2.57. The topological polar surface area (TPSA) is 227 Å². The molecule has 17 nitrogen and oxygen atoms in total. The minimum atomic E-state index is -2.58. The lowest BCUT2D eigenvalue weighted by molar-refractivity contribution is -0.265. The molecule has 4 rings (SSSR count). The third-order valence-corrected chi connectivity index (χ3v) is 10.8.